The highest BCUT2D eigenvalue weighted by Crippen LogP contribution is 2.44. The van der Waals surface area contributed by atoms with Crippen molar-refractivity contribution < 1.29 is 20.1 Å². The zero-order chi connectivity index (χ0) is 21.0. The van der Waals surface area contributed by atoms with Gasteiger partial charge in [0.2, 0.25) is 0 Å². The first kappa shape index (κ1) is 18.9. The first-order valence-electron chi connectivity index (χ1n) is 9.67. The molecule has 1 aromatic heterocycles. The molecule has 0 saturated heterocycles. The van der Waals surface area contributed by atoms with E-state index in [-0.39, 0.29) is 18.3 Å². The Bertz CT molecular complexity index is 1330. The first-order chi connectivity index (χ1) is 14.5. The number of halogens is 1. The van der Waals surface area contributed by atoms with E-state index in [1.54, 1.807) is 24.3 Å². The topological polar surface area (TPSA) is 94.7 Å². The van der Waals surface area contributed by atoms with Gasteiger partial charge in [0.05, 0.1) is 11.1 Å². The van der Waals surface area contributed by atoms with Crippen molar-refractivity contribution >= 4 is 39.3 Å². The fourth-order valence-electron chi connectivity index (χ4n) is 4.42. The predicted octanol–water partition coefficient (Wildman–Crippen LogP) is 3.94. The van der Waals surface area contributed by atoms with Gasteiger partial charge in [-0.1, -0.05) is 29.8 Å². The van der Waals surface area contributed by atoms with Crippen molar-refractivity contribution in [1.82, 2.24) is 9.88 Å². The lowest BCUT2D eigenvalue weighted by molar-refractivity contribution is 0.0852. The van der Waals surface area contributed by atoms with Crippen LogP contribution in [0.1, 0.15) is 28.6 Å². The third kappa shape index (κ3) is 2.69. The quantitative estimate of drug-likeness (QED) is 0.400. The van der Waals surface area contributed by atoms with Gasteiger partial charge in [0.25, 0.3) is 5.91 Å². The summed E-state index contributed by atoms with van der Waals surface area (Å²) in [6.45, 7) is 0.573. The van der Waals surface area contributed by atoms with Crippen molar-refractivity contribution in [2.24, 2.45) is 0 Å². The standard InChI is InChI=1S/C23H19ClN2O4/c24-16-5-2-1-4-13(16)14-11-18-19(21-20(14)22(29)25-23(21)30)15-10-12(28)6-7-17(15)26(18)8-3-9-27/h1-2,4-7,10-11,23,27-28,30H,3,8-9H2,(H,25,29). The van der Waals surface area contributed by atoms with Gasteiger partial charge in [-0.3, -0.25) is 4.79 Å². The number of nitrogens with zero attached hydrogens (tertiary/aromatic N) is 1. The van der Waals surface area contributed by atoms with Crippen LogP contribution in [0.5, 0.6) is 5.75 Å². The Balaban J connectivity index is 1.97. The second-order valence-electron chi connectivity index (χ2n) is 7.39. The van der Waals surface area contributed by atoms with Crippen molar-refractivity contribution in [2.75, 3.05) is 6.61 Å². The maximum Gasteiger partial charge on any atom is 0.254 e. The molecule has 1 atom stereocenters. The van der Waals surface area contributed by atoms with Crippen molar-refractivity contribution in [1.29, 1.82) is 0 Å². The van der Waals surface area contributed by atoms with Crippen molar-refractivity contribution in [3.05, 3.63) is 64.7 Å². The Morgan fingerprint density at radius 3 is 2.63 bits per heavy atom. The van der Waals surface area contributed by atoms with Crippen molar-refractivity contribution in [2.45, 2.75) is 19.2 Å². The van der Waals surface area contributed by atoms with E-state index in [2.05, 4.69) is 5.32 Å². The normalized spacial score (nSPS) is 15.7. The molecule has 0 saturated carbocycles. The summed E-state index contributed by atoms with van der Waals surface area (Å²) in [7, 11) is 0. The van der Waals surface area contributed by atoms with Gasteiger partial charge in [-0.05, 0) is 42.3 Å². The second-order valence-corrected chi connectivity index (χ2v) is 7.80. The number of phenols is 1. The summed E-state index contributed by atoms with van der Waals surface area (Å²) in [6.07, 6.45) is -0.630. The summed E-state index contributed by atoms with van der Waals surface area (Å²) in [5.41, 5.74) is 3.84. The maximum absolute atomic E-state index is 12.8. The van der Waals surface area contributed by atoms with E-state index < -0.39 is 6.23 Å². The van der Waals surface area contributed by atoms with Crippen LogP contribution in [0, 0.1) is 0 Å². The molecule has 1 unspecified atom stereocenters. The van der Waals surface area contributed by atoms with E-state index in [0.29, 0.717) is 45.6 Å². The van der Waals surface area contributed by atoms with E-state index in [1.807, 2.05) is 28.8 Å². The monoisotopic (exact) mass is 422 g/mol. The number of carbonyl (C=O) groups is 1. The summed E-state index contributed by atoms with van der Waals surface area (Å²) >= 11 is 6.45. The lowest BCUT2D eigenvalue weighted by atomic mass is 9.92. The number of hydrogen-bond donors (Lipinski definition) is 4. The number of nitrogens with one attached hydrogen (secondary N) is 1. The van der Waals surface area contributed by atoms with Crippen LogP contribution in [0.15, 0.2) is 48.5 Å². The van der Waals surface area contributed by atoms with Crippen LogP contribution in [0.4, 0.5) is 0 Å². The first-order valence-corrected chi connectivity index (χ1v) is 10.1. The zero-order valence-electron chi connectivity index (χ0n) is 15.9. The van der Waals surface area contributed by atoms with Gasteiger partial charge in [0.1, 0.15) is 5.75 Å². The van der Waals surface area contributed by atoms with E-state index in [9.17, 15) is 20.1 Å². The minimum absolute atomic E-state index is 0.0320. The van der Waals surface area contributed by atoms with Gasteiger partial charge in [0, 0.05) is 45.6 Å². The molecular formula is C23H19ClN2O4. The van der Waals surface area contributed by atoms with Crippen molar-refractivity contribution in [3.63, 3.8) is 0 Å². The SMILES string of the molecule is O=C1NC(O)c2c1c(-c1ccccc1Cl)cc1c2c2cc(O)ccc2n1CCCO. The number of aromatic nitrogens is 1. The molecule has 5 rings (SSSR count). The van der Waals surface area contributed by atoms with Gasteiger partial charge >= 0.3 is 0 Å². The number of amides is 1. The number of aliphatic hydroxyl groups excluding tert-OH is 2. The van der Waals surface area contributed by atoms with E-state index in [4.69, 9.17) is 11.6 Å². The number of aromatic hydroxyl groups is 1. The lowest BCUT2D eigenvalue weighted by Crippen LogP contribution is -2.18. The number of aliphatic hydroxyl groups is 2. The maximum atomic E-state index is 12.8. The number of rotatable bonds is 4. The van der Waals surface area contributed by atoms with Gasteiger partial charge in [-0.15, -0.1) is 0 Å². The van der Waals surface area contributed by atoms with Crippen LogP contribution in [-0.2, 0) is 6.54 Å². The molecule has 6 nitrogen and oxygen atoms in total. The number of phenolic OH excluding ortho intramolecular Hbond substituents is 1. The highest BCUT2D eigenvalue weighted by Gasteiger charge is 2.34. The van der Waals surface area contributed by atoms with E-state index in [0.717, 1.165) is 16.4 Å². The van der Waals surface area contributed by atoms with E-state index in [1.165, 1.54) is 0 Å². The third-order valence-corrected chi connectivity index (χ3v) is 5.98. The van der Waals surface area contributed by atoms with Crippen LogP contribution in [0.2, 0.25) is 5.02 Å². The largest absolute Gasteiger partial charge is 0.508 e. The molecule has 0 spiro atoms. The van der Waals surface area contributed by atoms with Gasteiger partial charge in [-0.2, -0.15) is 0 Å². The summed E-state index contributed by atoms with van der Waals surface area (Å²) in [5, 5.41) is 34.8. The molecule has 30 heavy (non-hydrogen) atoms. The average Bonchev–Trinajstić information content (AvgIpc) is 3.19. The Labute approximate surface area is 176 Å². The van der Waals surface area contributed by atoms with E-state index >= 15 is 0 Å². The number of aryl methyl sites for hydroxylation is 1. The molecule has 4 N–H and O–H groups in total. The van der Waals surface area contributed by atoms with Crippen LogP contribution in [0.3, 0.4) is 0 Å². The van der Waals surface area contributed by atoms with Crippen LogP contribution >= 0.6 is 11.6 Å². The fraction of sp³-hybridized carbons (Fsp3) is 0.174. The smallest absolute Gasteiger partial charge is 0.254 e. The molecular weight excluding hydrogens is 404 g/mol. The molecule has 152 valence electrons. The molecule has 0 radical (unpaired) electrons. The molecule has 3 aromatic carbocycles. The summed E-state index contributed by atoms with van der Waals surface area (Å²) in [5.74, 6) is -0.273. The van der Waals surface area contributed by atoms with Crippen molar-refractivity contribution in [3.8, 4) is 16.9 Å². The molecule has 4 aromatic rings. The number of fused-ring (bicyclic) bond motifs is 5. The van der Waals surface area contributed by atoms with Crippen LogP contribution < -0.4 is 5.32 Å². The molecule has 1 amide bonds. The number of carbonyl (C=O) groups excluding carboxylic acids is 1. The minimum atomic E-state index is -1.17. The van der Waals surface area contributed by atoms with Crippen LogP contribution in [-0.4, -0.2) is 32.4 Å². The zero-order valence-corrected chi connectivity index (χ0v) is 16.6. The summed E-state index contributed by atoms with van der Waals surface area (Å²) in [4.78, 5) is 12.8. The molecule has 0 bridgehead atoms. The van der Waals surface area contributed by atoms with Gasteiger partial charge in [0.15, 0.2) is 6.23 Å². The molecule has 1 aliphatic rings. The predicted molar refractivity (Wildman–Crippen MR) is 116 cm³/mol. The van der Waals surface area contributed by atoms with Gasteiger partial charge in [-0.25, -0.2) is 0 Å². The second kappa shape index (κ2) is 7.02. The Hall–Kier alpha value is -3.06. The summed E-state index contributed by atoms with van der Waals surface area (Å²) < 4.78 is 2.04. The Kier molecular flexibility index (Phi) is 4.43. The molecule has 2 heterocycles. The summed E-state index contributed by atoms with van der Waals surface area (Å²) in [6, 6.07) is 14.2. The van der Waals surface area contributed by atoms with Gasteiger partial charge < -0.3 is 25.2 Å². The molecule has 7 heteroatoms. The molecule has 1 aliphatic heterocycles. The Morgan fingerprint density at radius 2 is 1.87 bits per heavy atom. The molecule has 0 fully saturated rings. The molecule has 0 aliphatic carbocycles. The third-order valence-electron chi connectivity index (χ3n) is 5.65. The number of hydrogen-bond acceptors (Lipinski definition) is 4. The lowest BCUT2D eigenvalue weighted by Gasteiger charge is -2.13. The van der Waals surface area contributed by atoms with Crippen LogP contribution in [0.25, 0.3) is 32.9 Å². The average molecular weight is 423 g/mol. The Morgan fingerprint density at radius 1 is 1.07 bits per heavy atom. The highest BCUT2D eigenvalue weighted by molar-refractivity contribution is 6.34. The minimum Gasteiger partial charge on any atom is -0.508 e. The fourth-order valence-corrected chi connectivity index (χ4v) is 4.66. The highest BCUT2D eigenvalue weighted by atomic mass is 35.5. The number of benzene rings is 3.